The van der Waals surface area contributed by atoms with Crippen LogP contribution >= 0.6 is 0 Å². The minimum Gasteiger partial charge on any atom is -0.462 e. The fourth-order valence-electron chi connectivity index (χ4n) is 6.55. The van der Waals surface area contributed by atoms with Crippen LogP contribution in [-0.2, 0) is 28.6 Å². The first-order chi connectivity index (χ1) is 29.0. The second-order valence-corrected chi connectivity index (χ2v) is 16.0. The smallest absolute Gasteiger partial charge is 0.306 e. The molecule has 59 heavy (non-hydrogen) atoms. The average molecular weight is 823 g/mol. The van der Waals surface area contributed by atoms with Crippen molar-refractivity contribution in [2.75, 3.05) is 13.2 Å². The zero-order chi connectivity index (χ0) is 43.0. The zero-order valence-electron chi connectivity index (χ0n) is 38.5. The molecule has 1 atom stereocenters. The topological polar surface area (TPSA) is 78.9 Å². The first-order valence-electron chi connectivity index (χ1n) is 24.4. The van der Waals surface area contributed by atoms with Crippen molar-refractivity contribution in [3.63, 3.8) is 0 Å². The van der Waals surface area contributed by atoms with Gasteiger partial charge < -0.3 is 14.2 Å². The quantitative estimate of drug-likeness (QED) is 0.0264. The summed E-state index contributed by atoms with van der Waals surface area (Å²) in [6.45, 7) is 6.36. The Labute approximate surface area is 363 Å². The molecule has 0 aliphatic carbocycles. The number of hydrogen-bond donors (Lipinski definition) is 0. The molecule has 1 unspecified atom stereocenters. The van der Waals surface area contributed by atoms with Crippen LogP contribution in [0.15, 0.2) is 72.9 Å². The number of carbonyl (C=O) groups excluding carboxylic acids is 3. The predicted molar refractivity (Wildman–Crippen MR) is 251 cm³/mol. The summed E-state index contributed by atoms with van der Waals surface area (Å²) in [5.41, 5.74) is 0. The minimum absolute atomic E-state index is 0.0919. The van der Waals surface area contributed by atoms with E-state index in [1.165, 1.54) is 64.2 Å². The second-order valence-electron chi connectivity index (χ2n) is 16.0. The molecule has 0 aromatic rings. The molecule has 0 bridgehead atoms. The highest BCUT2D eigenvalue weighted by molar-refractivity contribution is 5.71. The predicted octanol–water partition coefficient (Wildman–Crippen LogP) is 15.9. The standard InChI is InChI=1S/C53H90O6/c1-4-7-10-13-16-19-22-25-27-29-31-34-37-40-43-46-52(55)58-49-50(48-57-51(54)45-42-39-36-33-30-24-21-18-15-12-9-6-3)59-53(56)47-44-41-38-35-32-28-26-23-20-17-14-11-8-5-2/h8-9,11-12,17-22,26,28,50H,4-7,10,13-16,23-25,27,29-49H2,1-3H3/b11-8-,12-9-,20-17-,21-18-,22-19-,28-26-. The highest BCUT2D eigenvalue weighted by Gasteiger charge is 2.19. The van der Waals surface area contributed by atoms with E-state index in [9.17, 15) is 14.4 Å². The first-order valence-corrected chi connectivity index (χ1v) is 24.4. The van der Waals surface area contributed by atoms with Gasteiger partial charge in [0.2, 0.25) is 0 Å². The first kappa shape index (κ1) is 55.9. The molecule has 6 nitrogen and oxygen atoms in total. The second kappa shape index (κ2) is 47.5. The summed E-state index contributed by atoms with van der Waals surface area (Å²) >= 11 is 0. The number of carbonyl (C=O) groups is 3. The molecule has 0 amide bonds. The Kier molecular flexibility index (Phi) is 45.0. The molecular weight excluding hydrogens is 733 g/mol. The molecular formula is C53H90O6. The molecule has 0 saturated heterocycles. The van der Waals surface area contributed by atoms with E-state index in [0.717, 1.165) is 122 Å². The zero-order valence-corrected chi connectivity index (χ0v) is 38.5. The third kappa shape index (κ3) is 45.8. The Balaban J connectivity index is 4.44. The molecule has 0 radical (unpaired) electrons. The number of hydrogen-bond acceptors (Lipinski definition) is 6. The molecule has 0 spiro atoms. The lowest BCUT2D eigenvalue weighted by molar-refractivity contribution is -0.167. The van der Waals surface area contributed by atoms with Gasteiger partial charge in [-0.25, -0.2) is 0 Å². The Morgan fingerprint density at radius 2 is 0.661 bits per heavy atom. The lowest BCUT2D eigenvalue weighted by Gasteiger charge is -2.18. The van der Waals surface area contributed by atoms with Crippen LogP contribution in [0.5, 0.6) is 0 Å². The van der Waals surface area contributed by atoms with Gasteiger partial charge in [0.1, 0.15) is 13.2 Å². The summed E-state index contributed by atoms with van der Waals surface area (Å²) in [6.07, 6.45) is 58.8. The van der Waals surface area contributed by atoms with Crippen LogP contribution in [0.2, 0.25) is 0 Å². The van der Waals surface area contributed by atoms with E-state index in [4.69, 9.17) is 14.2 Å². The van der Waals surface area contributed by atoms with Crippen LogP contribution in [0.3, 0.4) is 0 Å². The van der Waals surface area contributed by atoms with E-state index in [1.54, 1.807) is 0 Å². The summed E-state index contributed by atoms with van der Waals surface area (Å²) in [5, 5.41) is 0. The SMILES string of the molecule is CC/C=C\C/C=C\C/C=C\CCCCCCC(=O)OC(COC(=O)CCCCCCC/C=C\C/C=C\CC)COC(=O)CCCCCCCCC/C=C\CCCCCC. The van der Waals surface area contributed by atoms with Crippen LogP contribution in [0.4, 0.5) is 0 Å². The number of esters is 3. The maximum atomic E-state index is 12.8. The highest BCUT2D eigenvalue weighted by Crippen LogP contribution is 2.13. The monoisotopic (exact) mass is 823 g/mol. The fourth-order valence-corrected chi connectivity index (χ4v) is 6.55. The van der Waals surface area contributed by atoms with Crippen molar-refractivity contribution in [1.29, 1.82) is 0 Å². The summed E-state index contributed by atoms with van der Waals surface area (Å²) in [5.74, 6) is -0.936. The summed E-state index contributed by atoms with van der Waals surface area (Å²) in [6, 6.07) is 0. The van der Waals surface area contributed by atoms with Gasteiger partial charge in [-0.3, -0.25) is 14.4 Å². The Hall–Kier alpha value is -3.15. The van der Waals surface area contributed by atoms with E-state index in [-0.39, 0.29) is 31.1 Å². The number of rotatable bonds is 43. The van der Waals surface area contributed by atoms with Crippen molar-refractivity contribution in [1.82, 2.24) is 0 Å². The number of ether oxygens (including phenoxy) is 3. The molecule has 0 saturated carbocycles. The Morgan fingerprint density at radius 1 is 0.356 bits per heavy atom. The van der Waals surface area contributed by atoms with Gasteiger partial charge in [0.25, 0.3) is 0 Å². The molecule has 338 valence electrons. The van der Waals surface area contributed by atoms with E-state index in [1.807, 2.05) is 0 Å². The van der Waals surface area contributed by atoms with Crippen molar-refractivity contribution in [3.8, 4) is 0 Å². The third-order valence-corrected chi connectivity index (χ3v) is 10.2. The van der Waals surface area contributed by atoms with Crippen LogP contribution in [-0.4, -0.2) is 37.2 Å². The number of allylic oxidation sites excluding steroid dienone is 12. The van der Waals surface area contributed by atoms with E-state index in [2.05, 4.69) is 93.7 Å². The van der Waals surface area contributed by atoms with E-state index < -0.39 is 6.10 Å². The Morgan fingerprint density at radius 3 is 1.05 bits per heavy atom. The van der Waals surface area contributed by atoms with Gasteiger partial charge in [-0.2, -0.15) is 0 Å². The van der Waals surface area contributed by atoms with Crippen LogP contribution < -0.4 is 0 Å². The van der Waals surface area contributed by atoms with E-state index >= 15 is 0 Å². The molecule has 0 N–H and O–H groups in total. The summed E-state index contributed by atoms with van der Waals surface area (Å²) in [4.78, 5) is 37.9. The van der Waals surface area contributed by atoms with Gasteiger partial charge in [-0.1, -0.05) is 177 Å². The minimum atomic E-state index is -0.793. The van der Waals surface area contributed by atoms with Crippen molar-refractivity contribution >= 4 is 17.9 Å². The third-order valence-electron chi connectivity index (χ3n) is 10.2. The van der Waals surface area contributed by atoms with Crippen LogP contribution in [0, 0.1) is 0 Å². The van der Waals surface area contributed by atoms with Gasteiger partial charge in [0.15, 0.2) is 6.10 Å². The summed E-state index contributed by atoms with van der Waals surface area (Å²) < 4.78 is 16.7. The van der Waals surface area contributed by atoms with E-state index in [0.29, 0.717) is 19.3 Å². The average Bonchev–Trinajstić information content (AvgIpc) is 3.23. The molecule has 0 aliphatic heterocycles. The molecule has 0 fully saturated rings. The molecule has 0 heterocycles. The highest BCUT2D eigenvalue weighted by atomic mass is 16.6. The lowest BCUT2D eigenvalue weighted by atomic mass is 10.1. The van der Waals surface area contributed by atoms with Crippen LogP contribution in [0.1, 0.15) is 226 Å². The fraction of sp³-hybridized carbons (Fsp3) is 0.717. The molecule has 0 aromatic carbocycles. The Bertz CT molecular complexity index is 1130. The van der Waals surface area contributed by atoms with Crippen molar-refractivity contribution < 1.29 is 28.6 Å². The maximum absolute atomic E-state index is 12.8. The molecule has 0 rings (SSSR count). The van der Waals surface area contributed by atoms with Gasteiger partial charge in [0.05, 0.1) is 0 Å². The maximum Gasteiger partial charge on any atom is 0.306 e. The van der Waals surface area contributed by atoms with Crippen LogP contribution in [0.25, 0.3) is 0 Å². The summed E-state index contributed by atoms with van der Waals surface area (Å²) in [7, 11) is 0. The van der Waals surface area contributed by atoms with Gasteiger partial charge in [-0.05, 0) is 103 Å². The molecule has 0 aromatic heterocycles. The molecule has 0 aliphatic rings. The van der Waals surface area contributed by atoms with Crippen molar-refractivity contribution in [3.05, 3.63) is 72.9 Å². The van der Waals surface area contributed by atoms with Gasteiger partial charge in [0, 0.05) is 19.3 Å². The molecule has 6 heteroatoms. The van der Waals surface area contributed by atoms with Crippen molar-refractivity contribution in [2.24, 2.45) is 0 Å². The number of unbranched alkanes of at least 4 members (excludes halogenated alkanes) is 20. The normalized spacial score (nSPS) is 12.7. The largest absolute Gasteiger partial charge is 0.462 e. The van der Waals surface area contributed by atoms with Gasteiger partial charge in [-0.15, -0.1) is 0 Å². The lowest BCUT2D eigenvalue weighted by Crippen LogP contribution is -2.30. The van der Waals surface area contributed by atoms with Crippen molar-refractivity contribution in [2.45, 2.75) is 232 Å². The van der Waals surface area contributed by atoms with Gasteiger partial charge >= 0.3 is 17.9 Å².